The monoisotopic (exact) mass is 243 g/mol. The number of nitrogens with one attached hydrogen (secondary N) is 1. The van der Waals surface area contributed by atoms with E-state index in [-0.39, 0.29) is 5.75 Å². The SMILES string of the molecule is CC(C)(C)ONS(=O)(=O)CCCCCl. The lowest BCUT2D eigenvalue weighted by molar-refractivity contribution is -0.0357. The van der Waals surface area contributed by atoms with Gasteiger partial charge in [0, 0.05) is 5.88 Å². The number of alkyl halides is 1. The molecule has 4 nitrogen and oxygen atoms in total. The molecule has 0 saturated carbocycles. The van der Waals surface area contributed by atoms with Gasteiger partial charge < -0.3 is 0 Å². The van der Waals surface area contributed by atoms with Crippen molar-refractivity contribution < 1.29 is 13.3 Å². The Hall–Kier alpha value is 0.160. The van der Waals surface area contributed by atoms with Crippen LogP contribution in [0.1, 0.15) is 33.6 Å². The number of hydrogen-bond acceptors (Lipinski definition) is 3. The van der Waals surface area contributed by atoms with Gasteiger partial charge in [-0.15, -0.1) is 11.6 Å². The lowest BCUT2D eigenvalue weighted by Crippen LogP contribution is -2.34. The molecule has 0 aromatic carbocycles. The fourth-order valence-corrected chi connectivity index (χ4v) is 1.85. The zero-order valence-corrected chi connectivity index (χ0v) is 10.4. The Morgan fingerprint density at radius 3 is 2.29 bits per heavy atom. The van der Waals surface area contributed by atoms with Gasteiger partial charge in [-0.3, -0.25) is 4.84 Å². The van der Waals surface area contributed by atoms with Crippen LogP contribution in [-0.2, 0) is 14.9 Å². The summed E-state index contributed by atoms with van der Waals surface area (Å²) in [6.07, 6.45) is 1.24. The van der Waals surface area contributed by atoms with Crippen molar-refractivity contribution in [3.63, 3.8) is 0 Å². The molecule has 0 rings (SSSR count). The molecule has 0 aliphatic heterocycles. The van der Waals surface area contributed by atoms with Crippen molar-refractivity contribution in [3.8, 4) is 0 Å². The normalized spacial score (nSPS) is 13.1. The third-order valence-corrected chi connectivity index (χ3v) is 2.70. The van der Waals surface area contributed by atoms with E-state index in [1.54, 1.807) is 20.8 Å². The van der Waals surface area contributed by atoms with E-state index in [4.69, 9.17) is 16.4 Å². The van der Waals surface area contributed by atoms with Crippen molar-refractivity contribution in [2.24, 2.45) is 0 Å². The van der Waals surface area contributed by atoms with Crippen molar-refractivity contribution in [2.75, 3.05) is 11.6 Å². The number of hydrogen-bond donors (Lipinski definition) is 1. The van der Waals surface area contributed by atoms with Crippen LogP contribution in [0, 0.1) is 0 Å². The molecule has 0 aliphatic carbocycles. The van der Waals surface area contributed by atoms with E-state index < -0.39 is 15.6 Å². The summed E-state index contributed by atoms with van der Waals surface area (Å²) >= 11 is 5.43. The number of unbranched alkanes of at least 4 members (excludes halogenated alkanes) is 1. The topological polar surface area (TPSA) is 55.4 Å². The Bertz CT molecular complexity index is 246. The van der Waals surface area contributed by atoms with E-state index in [1.807, 2.05) is 0 Å². The van der Waals surface area contributed by atoms with Gasteiger partial charge in [-0.1, -0.05) is 4.89 Å². The summed E-state index contributed by atoms with van der Waals surface area (Å²) in [5, 5.41) is 0. The standard InChI is InChI=1S/C8H18ClNO3S/c1-8(2,3)13-10-14(11,12)7-5-4-6-9/h10H,4-7H2,1-3H3. The Morgan fingerprint density at radius 2 is 1.86 bits per heavy atom. The van der Waals surface area contributed by atoms with E-state index >= 15 is 0 Å². The molecule has 0 saturated heterocycles. The third kappa shape index (κ3) is 8.74. The van der Waals surface area contributed by atoms with Crippen molar-refractivity contribution >= 4 is 21.6 Å². The summed E-state index contributed by atoms with van der Waals surface area (Å²) in [4.78, 5) is 7.04. The summed E-state index contributed by atoms with van der Waals surface area (Å²) < 4.78 is 22.5. The van der Waals surface area contributed by atoms with Gasteiger partial charge in [-0.05, 0) is 33.6 Å². The maximum Gasteiger partial charge on any atom is 0.233 e. The summed E-state index contributed by atoms with van der Waals surface area (Å²) in [5.41, 5.74) is -0.514. The average Bonchev–Trinajstić information content (AvgIpc) is 2.00. The second-order valence-corrected chi connectivity index (χ2v) is 6.20. The highest BCUT2D eigenvalue weighted by molar-refractivity contribution is 7.89. The molecule has 0 heterocycles. The minimum absolute atomic E-state index is 0.0514. The zero-order valence-electron chi connectivity index (χ0n) is 8.84. The predicted molar refractivity (Wildman–Crippen MR) is 57.7 cm³/mol. The first-order valence-electron chi connectivity index (χ1n) is 4.50. The van der Waals surface area contributed by atoms with Crippen LogP contribution in [0.4, 0.5) is 0 Å². The molecule has 0 spiro atoms. The van der Waals surface area contributed by atoms with Gasteiger partial charge in [0.2, 0.25) is 10.0 Å². The summed E-state index contributed by atoms with van der Waals surface area (Å²) in [5.74, 6) is 0.533. The van der Waals surface area contributed by atoms with Gasteiger partial charge >= 0.3 is 0 Å². The first kappa shape index (κ1) is 14.2. The fraction of sp³-hybridized carbons (Fsp3) is 1.00. The Kier molecular flexibility index (Phi) is 5.97. The quantitative estimate of drug-likeness (QED) is 0.439. The van der Waals surface area contributed by atoms with E-state index in [2.05, 4.69) is 4.89 Å². The Morgan fingerprint density at radius 1 is 1.29 bits per heavy atom. The molecule has 86 valence electrons. The molecule has 0 aromatic rings. The van der Waals surface area contributed by atoms with Crippen LogP contribution in [-0.4, -0.2) is 25.7 Å². The molecule has 0 radical (unpaired) electrons. The molecule has 0 fully saturated rings. The highest BCUT2D eigenvalue weighted by Gasteiger charge is 2.16. The fourth-order valence-electron chi connectivity index (χ4n) is 0.617. The minimum atomic E-state index is -3.32. The van der Waals surface area contributed by atoms with Crippen LogP contribution in [0.3, 0.4) is 0 Å². The van der Waals surface area contributed by atoms with Crippen LogP contribution in [0.25, 0.3) is 0 Å². The Balaban J connectivity index is 3.85. The molecular weight excluding hydrogens is 226 g/mol. The zero-order chi connectivity index (χ0) is 11.2. The highest BCUT2D eigenvalue weighted by atomic mass is 35.5. The van der Waals surface area contributed by atoms with E-state index in [0.717, 1.165) is 0 Å². The Labute approximate surface area is 91.0 Å². The number of rotatable bonds is 6. The highest BCUT2D eigenvalue weighted by Crippen LogP contribution is 2.05. The molecule has 1 N–H and O–H groups in total. The third-order valence-electron chi connectivity index (χ3n) is 1.27. The van der Waals surface area contributed by atoms with Gasteiger partial charge in [0.25, 0.3) is 0 Å². The summed E-state index contributed by atoms with van der Waals surface area (Å²) in [6, 6.07) is 0. The van der Waals surface area contributed by atoms with Crippen molar-refractivity contribution in [1.82, 2.24) is 4.89 Å². The predicted octanol–water partition coefficient (Wildman–Crippen LogP) is 1.65. The maximum absolute atomic E-state index is 11.3. The average molecular weight is 244 g/mol. The lowest BCUT2D eigenvalue weighted by atomic mass is 10.2. The first-order chi connectivity index (χ1) is 6.27. The van der Waals surface area contributed by atoms with Gasteiger partial charge in [0.05, 0.1) is 11.4 Å². The maximum atomic E-state index is 11.3. The van der Waals surface area contributed by atoms with Crippen molar-refractivity contribution in [2.45, 2.75) is 39.2 Å². The molecule has 0 aromatic heterocycles. The lowest BCUT2D eigenvalue weighted by Gasteiger charge is -2.18. The van der Waals surface area contributed by atoms with Crippen LogP contribution < -0.4 is 4.89 Å². The number of halogens is 1. The largest absolute Gasteiger partial charge is 0.281 e. The van der Waals surface area contributed by atoms with Crippen molar-refractivity contribution in [3.05, 3.63) is 0 Å². The molecule has 0 bridgehead atoms. The van der Waals surface area contributed by atoms with Crippen LogP contribution >= 0.6 is 11.6 Å². The molecule has 0 aliphatic rings. The van der Waals surface area contributed by atoms with Crippen LogP contribution in [0.5, 0.6) is 0 Å². The molecule has 0 atom stereocenters. The van der Waals surface area contributed by atoms with Crippen molar-refractivity contribution in [1.29, 1.82) is 0 Å². The smallest absolute Gasteiger partial charge is 0.233 e. The van der Waals surface area contributed by atoms with Gasteiger partial charge in [0.15, 0.2) is 0 Å². The number of sulfonamides is 1. The van der Waals surface area contributed by atoms with E-state index in [1.165, 1.54) is 0 Å². The van der Waals surface area contributed by atoms with Gasteiger partial charge in [0.1, 0.15) is 0 Å². The minimum Gasteiger partial charge on any atom is -0.281 e. The van der Waals surface area contributed by atoms with Gasteiger partial charge in [-0.2, -0.15) is 0 Å². The summed E-state index contributed by atoms with van der Waals surface area (Å²) in [6.45, 7) is 5.32. The van der Waals surface area contributed by atoms with Crippen LogP contribution in [0.2, 0.25) is 0 Å². The second kappa shape index (κ2) is 5.90. The second-order valence-electron chi connectivity index (χ2n) is 4.01. The molecular formula is C8H18ClNO3S. The first-order valence-corrected chi connectivity index (χ1v) is 6.69. The van der Waals surface area contributed by atoms with Gasteiger partial charge in [-0.25, -0.2) is 8.42 Å². The van der Waals surface area contributed by atoms with E-state index in [9.17, 15) is 8.42 Å². The van der Waals surface area contributed by atoms with Crippen LogP contribution in [0.15, 0.2) is 0 Å². The molecule has 0 amide bonds. The molecule has 0 unspecified atom stereocenters. The molecule has 6 heteroatoms. The van der Waals surface area contributed by atoms with E-state index in [0.29, 0.717) is 18.7 Å². The molecule has 14 heavy (non-hydrogen) atoms. The summed E-state index contributed by atoms with van der Waals surface area (Å²) in [7, 11) is -3.32.